The van der Waals surface area contributed by atoms with Crippen LogP contribution in [0.5, 0.6) is 11.5 Å². The van der Waals surface area contributed by atoms with Gasteiger partial charge in [-0.05, 0) is 24.5 Å². The lowest BCUT2D eigenvalue weighted by molar-refractivity contribution is 0.325. The largest absolute Gasteiger partial charge is 0.493 e. The van der Waals surface area contributed by atoms with Gasteiger partial charge in [0.1, 0.15) is 0 Å². The van der Waals surface area contributed by atoms with Gasteiger partial charge in [0, 0.05) is 17.5 Å². The van der Waals surface area contributed by atoms with E-state index in [9.17, 15) is 0 Å². The molecule has 18 heavy (non-hydrogen) atoms. The summed E-state index contributed by atoms with van der Waals surface area (Å²) in [6.45, 7) is 0.673. The van der Waals surface area contributed by atoms with Crippen molar-refractivity contribution in [2.45, 2.75) is 37.6 Å². The molecule has 3 nitrogen and oxygen atoms in total. The zero-order valence-electron chi connectivity index (χ0n) is 10.6. The van der Waals surface area contributed by atoms with E-state index in [2.05, 4.69) is 0 Å². The molecule has 0 bridgehead atoms. The average molecular weight is 268 g/mol. The molecule has 98 valence electrons. The smallest absolute Gasteiger partial charge is 0.165 e. The molecule has 1 aliphatic carbocycles. The highest BCUT2D eigenvalue weighted by molar-refractivity contribution is 6.32. The van der Waals surface area contributed by atoms with E-state index in [0.717, 1.165) is 46.9 Å². The number of hydrogen-bond donors (Lipinski definition) is 1. The van der Waals surface area contributed by atoms with Crippen molar-refractivity contribution in [3.05, 3.63) is 22.2 Å². The molecule has 1 fully saturated rings. The second-order valence-corrected chi connectivity index (χ2v) is 5.59. The van der Waals surface area contributed by atoms with Crippen LogP contribution in [0.4, 0.5) is 0 Å². The summed E-state index contributed by atoms with van der Waals surface area (Å²) in [7, 11) is 1.66. The topological polar surface area (TPSA) is 44.5 Å². The molecule has 2 aliphatic rings. The molecule has 1 saturated carbocycles. The first kappa shape index (κ1) is 12.1. The molecular formula is C14H18ClNO2. The molecule has 0 unspecified atom stereocenters. The van der Waals surface area contributed by atoms with Crippen molar-refractivity contribution in [2.75, 3.05) is 13.7 Å². The van der Waals surface area contributed by atoms with Gasteiger partial charge < -0.3 is 15.2 Å². The van der Waals surface area contributed by atoms with Gasteiger partial charge in [-0.1, -0.05) is 24.4 Å². The molecule has 1 aromatic rings. The van der Waals surface area contributed by atoms with Gasteiger partial charge in [0.05, 0.1) is 18.7 Å². The van der Waals surface area contributed by atoms with E-state index in [1.165, 1.54) is 12.8 Å². The Kier molecular flexibility index (Phi) is 2.91. The fourth-order valence-electron chi connectivity index (χ4n) is 3.10. The molecule has 0 saturated heterocycles. The normalized spacial score (nSPS) is 20.6. The first-order valence-electron chi connectivity index (χ1n) is 6.47. The zero-order valence-corrected chi connectivity index (χ0v) is 11.3. The molecule has 0 radical (unpaired) electrons. The number of ether oxygens (including phenoxy) is 2. The van der Waals surface area contributed by atoms with E-state index >= 15 is 0 Å². The summed E-state index contributed by atoms with van der Waals surface area (Å²) in [6, 6.07) is 1.97. The van der Waals surface area contributed by atoms with E-state index in [-0.39, 0.29) is 5.54 Å². The van der Waals surface area contributed by atoms with Crippen LogP contribution >= 0.6 is 11.6 Å². The van der Waals surface area contributed by atoms with Crippen LogP contribution in [-0.4, -0.2) is 13.7 Å². The lowest BCUT2D eigenvalue weighted by Crippen LogP contribution is -2.33. The molecule has 1 aliphatic heterocycles. The second-order valence-electron chi connectivity index (χ2n) is 5.21. The van der Waals surface area contributed by atoms with Crippen molar-refractivity contribution in [1.82, 2.24) is 0 Å². The van der Waals surface area contributed by atoms with Crippen LogP contribution in [0.25, 0.3) is 0 Å². The predicted octanol–water partition coefficient (Wildman–Crippen LogP) is 3.01. The summed E-state index contributed by atoms with van der Waals surface area (Å²) in [6.07, 6.45) is 5.17. The molecule has 0 aromatic heterocycles. The van der Waals surface area contributed by atoms with Crippen molar-refractivity contribution in [3.63, 3.8) is 0 Å². The quantitative estimate of drug-likeness (QED) is 0.896. The van der Waals surface area contributed by atoms with Gasteiger partial charge in [-0.3, -0.25) is 0 Å². The minimum absolute atomic E-state index is 0.290. The van der Waals surface area contributed by atoms with Crippen LogP contribution < -0.4 is 15.2 Å². The third-order valence-electron chi connectivity index (χ3n) is 4.13. The highest BCUT2D eigenvalue weighted by Gasteiger charge is 2.36. The first-order valence-corrected chi connectivity index (χ1v) is 6.85. The monoisotopic (exact) mass is 267 g/mol. The standard InChI is InChI=1S/C14H18ClNO2/c1-17-11-8-10(14(16)5-2-3-6-14)12(15)9-4-7-18-13(9)11/h8H,2-7,16H2,1H3. The van der Waals surface area contributed by atoms with Gasteiger partial charge in [-0.15, -0.1) is 0 Å². The Morgan fingerprint density at radius 2 is 2.11 bits per heavy atom. The molecule has 1 heterocycles. The van der Waals surface area contributed by atoms with Crippen molar-refractivity contribution < 1.29 is 9.47 Å². The first-order chi connectivity index (χ1) is 8.65. The number of hydrogen-bond acceptors (Lipinski definition) is 3. The van der Waals surface area contributed by atoms with Crippen molar-refractivity contribution in [3.8, 4) is 11.5 Å². The Hall–Kier alpha value is -0.930. The minimum Gasteiger partial charge on any atom is -0.493 e. The van der Waals surface area contributed by atoms with Crippen LogP contribution in [-0.2, 0) is 12.0 Å². The Morgan fingerprint density at radius 3 is 2.78 bits per heavy atom. The molecule has 1 aromatic carbocycles. The van der Waals surface area contributed by atoms with Gasteiger partial charge >= 0.3 is 0 Å². The maximum atomic E-state index is 6.54. The second kappa shape index (κ2) is 4.32. The Labute approximate surface area is 112 Å². The third kappa shape index (κ3) is 1.69. The summed E-state index contributed by atoms with van der Waals surface area (Å²) in [5.74, 6) is 1.56. The average Bonchev–Trinajstić information content (AvgIpc) is 2.99. The molecule has 0 amide bonds. The number of methoxy groups -OCH3 is 1. The van der Waals surface area contributed by atoms with E-state index in [4.69, 9.17) is 26.8 Å². The maximum Gasteiger partial charge on any atom is 0.165 e. The summed E-state index contributed by atoms with van der Waals surface area (Å²) in [5, 5.41) is 0.785. The summed E-state index contributed by atoms with van der Waals surface area (Å²) < 4.78 is 11.0. The molecule has 0 atom stereocenters. The van der Waals surface area contributed by atoms with Crippen LogP contribution in [0.2, 0.25) is 5.02 Å². The number of halogens is 1. The zero-order chi connectivity index (χ0) is 12.8. The Balaban J connectivity index is 2.15. The van der Waals surface area contributed by atoms with E-state index < -0.39 is 0 Å². The van der Waals surface area contributed by atoms with Crippen molar-refractivity contribution in [1.29, 1.82) is 0 Å². The number of rotatable bonds is 2. The predicted molar refractivity (Wildman–Crippen MR) is 71.5 cm³/mol. The van der Waals surface area contributed by atoms with Crippen LogP contribution in [0.15, 0.2) is 6.07 Å². The SMILES string of the molecule is COc1cc(C2(N)CCCC2)c(Cl)c2c1OCC2. The van der Waals surface area contributed by atoms with E-state index in [0.29, 0.717) is 6.61 Å². The van der Waals surface area contributed by atoms with Crippen LogP contribution in [0, 0.1) is 0 Å². The van der Waals surface area contributed by atoms with E-state index in [1.54, 1.807) is 7.11 Å². The van der Waals surface area contributed by atoms with Gasteiger partial charge in [0.2, 0.25) is 0 Å². The lowest BCUT2D eigenvalue weighted by Gasteiger charge is -2.27. The Bertz CT molecular complexity index is 481. The molecule has 4 heteroatoms. The number of nitrogens with two attached hydrogens (primary N) is 1. The van der Waals surface area contributed by atoms with Crippen LogP contribution in [0.1, 0.15) is 36.8 Å². The fourth-order valence-corrected chi connectivity index (χ4v) is 3.52. The van der Waals surface area contributed by atoms with Gasteiger partial charge in [-0.2, -0.15) is 0 Å². The molecule has 3 rings (SSSR count). The van der Waals surface area contributed by atoms with Crippen molar-refractivity contribution in [2.24, 2.45) is 5.73 Å². The molecular weight excluding hydrogens is 250 g/mol. The fraction of sp³-hybridized carbons (Fsp3) is 0.571. The van der Waals surface area contributed by atoms with E-state index in [1.807, 2.05) is 6.07 Å². The Morgan fingerprint density at radius 1 is 1.39 bits per heavy atom. The minimum atomic E-state index is -0.290. The highest BCUT2D eigenvalue weighted by Crippen LogP contribution is 2.48. The third-order valence-corrected chi connectivity index (χ3v) is 4.56. The van der Waals surface area contributed by atoms with Crippen LogP contribution in [0.3, 0.4) is 0 Å². The van der Waals surface area contributed by atoms with Gasteiger partial charge in [0.25, 0.3) is 0 Å². The number of fused-ring (bicyclic) bond motifs is 1. The lowest BCUT2D eigenvalue weighted by atomic mass is 9.87. The summed E-state index contributed by atoms with van der Waals surface area (Å²) in [5.41, 5.74) is 8.32. The molecule has 2 N–H and O–H groups in total. The maximum absolute atomic E-state index is 6.54. The highest BCUT2D eigenvalue weighted by atomic mass is 35.5. The summed E-state index contributed by atoms with van der Waals surface area (Å²) >= 11 is 6.54. The number of benzene rings is 1. The van der Waals surface area contributed by atoms with Crippen molar-refractivity contribution >= 4 is 11.6 Å². The van der Waals surface area contributed by atoms with Gasteiger partial charge in [0.15, 0.2) is 11.5 Å². The molecule has 0 spiro atoms. The van der Waals surface area contributed by atoms with Gasteiger partial charge in [-0.25, -0.2) is 0 Å². The summed E-state index contributed by atoms with van der Waals surface area (Å²) in [4.78, 5) is 0.